The standard InChI is InChI=1S/C14H29N3O/c1-14(2,11-15)8-6-10-17-9-5-7-12(17)13(18)16(3)4/h12H,5-11,15H2,1-4H3. The summed E-state index contributed by atoms with van der Waals surface area (Å²) in [6, 6.07) is 0.112. The summed E-state index contributed by atoms with van der Waals surface area (Å²) in [5.74, 6) is 0.255. The van der Waals surface area contributed by atoms with Crippen LogP contribution in [0.1, 0.15) is 39.5 Å². The molecule has 18 heavy (non-hydrogen) atoms. The van der Waals surface area contributed by atoms with E-state index in [-0.39, 0.29) is 17.4 Å². The maximum atomic E-state index is 12.0. The van der Waals surface area contributed by atoms with E-state index in [1.807, 2.05) is 14.1 Å². The second-order valence-corrected chi connectivity index (χ2v) is 6.40. The molecular weight excluding hydrogens is 226 g/mol. The maximum Gasteiger partial charge on any atom is 0.239 e. The van der Waals surface area contributed by atoms with Crippen LogP contribution in [0.3, 0.4) is 0 Å². The zero-order valence-corrected chi connectivity index (χ0v) is 12.4. The molecule has 0 bridgehead atoms. The Bertz CT molecular complexity index is 276. The molecule has 0 saturated carbocycles. The number of carbonyl (C=O) groups is 1. The van der Waals surface area contributed by atoms with E-state index in [0.717, 1.165) is 45.3 Å². The van der Waals surface area contributed by atoms with Crippen LogP contribution >= 0.6 is 0 Å². The first-order chi connectivity index (χ1) is 8.37. The molecule has 0 aromatic rings. The van der Waals surface area contributed by atoms with Crippen LogP contribution in [0.15, 0.2) is 0 Å². The molecule has 1 fully saturated rings. The lowest BCUT2D eigenvalue weighted by Gasteiger charge is -2.28. The highest BCUT2D eigenvalue weighted by Crippen LogP contribution is 2.23. The Labute approximate surface area is 111 Å². The average Bonchev–Trinajstić information content (AvgIpc) is 2.76. The van der Waals surface area contributed by atoms with Crippen molar-refractivity contribution < 1.29 is 4.79 Å². The van der Waals surface area contributed by atoms with E-state index >= 15 is 0 Å². The lowest BCUT2D eigenvalue weighted by molar-refractivity contribution is -0.133. The van der Waals surface area contributed by atoms with Crippen LogP contribution < -0.4 is 5.73 Å². The normalized spacial score (nSPS) is 21.3. The van der Waals surface area contributed by atoms with E-state index in [1.165, 1.54) is 0 Å². The molecule has 1 atom stereocenters. The van der Waals surface area contributed by atoms with Crippen molar-refractivity contribution in [2.24, 2.45) is 11.1 Å². The molecular formula is C14H29N3O. The first-order valence-electron chi connectivity index (χ1n) is 7.03. The largest absolute Gasteiger partial charge is 0.347 e. The topological polar surface area (TPSA) is 49.6 Å². The highest BCUT2D eigenvalue weighted by Gasteiger charge is 2.31. The van der Waals surface area contributed by atoms with Crippen LogP contribution in [-0.4, -0.2) is 55.5 Å². The Hall–Kier alpha value is -0.610. The van der Waals surface area contributed by atoms with Gasteiger partial charge in [-0.3, -0.25) is 9.69 Å². The van der Waals surface area contributed by atoms with Crippen molar-refractivity contribution in [2.45, 2.75) is 45.6 Å². The number of amides is 1. The van der Waals surface area contributed by atoms with Crippen molar-refractivity contribution in [1.82, 2.24) is 9.80 Å². The monoisotopic (exact) mass is 255 g/mol. The molecule has 1 unspecified atom stereocenters. The van der Waals surface area contributed by atoms with Crippen molar-refractivity contribution in [3.05, 3.63) is 0 Å². The van der Waals surface area contributed by atoms with Gasteiger partial charge in [-0.15, -0.1) is 0 Å². The highest BCUT2D eigenvalue weighted by atomic mass is 16.2. The lowest BCUT2D eigenvalue weighted by atomic mass is 9.88. The molecule has 1 aliphatic heterocycles. The van der Waals surface area contributed by atoms with Gasteiger partial charge in [0.05, 0.1) is 6.04 Å². The Morgan fingerprint density at radius 1 is 1.44 bits per heavy atom. The third-order valence-electron chi connectivity index (χ3n) is 3.94. The van der Waals surface area contributed by atoms with E-state index in [1.54, 1.807) is 4.90 Å². The van der Waals surface area contributed by atoms with Gasteiger partial charge in [0, 0.05) is 14.1 Å². The van der Waals surface area contributed by atoms with Gasteiger partial charge < -0.3 is 10.6 Å². The van der Waals surface area contributed by atoms with Crippen LogP contribution in [0, 0.1) is 5.41 Å². The number of nitrogens with zero attached hydrogens (tertiary/aromatic N) is 2. The maximum absolute atomic E-state index is 12.0. The van der Waals surface area contributed by atoms with Crippen molar-refractivity contribution in [2.75, 3.05) is 33.7 Å². The first-order valence-corrected chi connectivity index (χ1v) is 7.03. The molecule has 0 aliphatic carbocycles. The summed E-state index contributed by atoms with van der Waals surface area (Å²) in [6.07, 6.45) is 4.41. The van der Waals surface area contributed by atoms with Gasteiger partial charge in [0.1, 0.15) is 0 Å². The predicted octanol–water partition coefficient (Wildman–Crippen LogP) is 1.30. The minimum absolute atomic E-state index is 0.112. The second kappa shape index (κ2) is 6.53. The van der Waals surface area contributed by atoms with Crippen LogP contribution in [0.2, 0.25) is 0 Å². The Morgan fingerprint density at radius 2 is 2.11 bits per heavy atom. The predicted molar refractivity (Wildman–Crippen MR) is 75.4 cm³/mol. The van der Waals surface area contributed by atoms with E-state index < -0.39 is 0 Å². The van der Waals surface area contributed by atoms with Gasteiger partial charge in [-0.2, -0.15) is 0 Å². The lowest BCUT2D eigenvalue weighted by Crippen LogP contribution is -2.43. The van der Waals surface area contributed by atoms with Crippen LogP contribution in [0.4, 0.5) is 0 Å². The minimum Gasteiger partial charge on any atom is -0.347 e. The summed E-state index contributed by atoms with van der Waals surface area (Å²) in [4.78, 5) is 16.1. The molecule has 1 rings (SSSR count). The number of hydrogen-bond donors (Lipinski definition) is 1. The van der Waals surface area contributed by atoms with E-state index in [9.17, 15) is 4.79 Å². The number of likely N-dealkylation sites (tertiary alicyclic amines) is 1. The van der Waals surface area contributed by atoms with E-state index in [4.69, 9.17) is 5.73 Å². The van der Waals surface area contributed by atoms with Gasteiger partial charge in [0.15, 0.2) is 0 Å². The number of hydrogen-bond acceptors (Lipinski definition) is 3. The molecule has 0 spiro atoms. The third kappa shape index (κ3) is 4.25. The van der Waals surface area contributed by atoms with Gasteiger partial charge in [-0.05, 0) is 50.7 Å². The number of rotatable bonds is 6. The van der Waals surface area contributed by atoms with Crippen LogP contribution in [0.25, 0.3) is 0 Å². The fraction of sp³-hybridized carbons (Fsp3) is 0.929. The molecule has 1 saturated heterocycles. The summed E-state index contributed by atoms with van der Waals surface area (Å²) in [6.45, 7) is 7.23. The number of nitrogens with two attached hydrogens (primary N) is 1. The van der Waals surface area contributed by atoms with Crippen molar-refractivity contribution in [1.29, 1.82) is 0 Å². The molecule has 4 nitrogen and oxygen atoms in total. The van der Waals surface area contributed by atoms with Gasteiger partial charge in [-0.1, -0.05) is 13.8 Å². The first kappa shape index (κ1) is 15.4. The minimum atomic E-state index is 0.112. The van der Waals surface area contributed by atoms with Gasteiger partial charge in [-0.25, -0.2) is 0 Å². The average molecular weight is 255 g/mol. The van der Waals surface area contributed by atoms with Gasteiger partial charge >= 0.3 is 0 Å². The zero-order valence-electron chi connectivity index (χ0n) is 12.4. The summed E-state index contributed by atoms with van der Waals surface area (Å²) in [5, 5.41) is 0. The fourth-order valence-corrected chi connectivity index (χ4v) is 2.53. The zero-order chi connectivity index (χ0) is 13.8. The summed E-state index contributed by atoms with van der Waals surface area (Å²) >= 11 is 0. The third-order valence-corrected chi connectivity index (χ3v) is 3.94. The molecule has 1 heterocycles. The molecule has 106 valence electrons. The number of likely N-dealkylation sites (N-methyl/N-ethyl adjacent to an activating group) is 1. The van der Waals surface area contributed by atoms with Crippen molar-refractivity contribution in [3.63, 3.8) is 0 Å². The smallest absolute Gasteiger partial charge is 0.239 e. The molecule has 0 radical (unpaired) electrons. The van der Waals surface area contributed by atoms with Crippen LogP contribution in [-0.2, 0) is 4.79 Å². The SMILES string of the molecule is CN(C)C(=O)C1CCCN1CCCC(C)(C)CN. The second-order valence-electron chi connectivity index (χ2n) is 6.40. The summed E-state index contributed by atoms with van der Waals surface area (Å²) < 4.78 is 0. The quantitative estimate of drug-likeness (QED) is 0.778. The Morgan fingerprint density at radius 3 is 2.67 bits per heavy atom. The van der Waals surface area contributed by atoms with Gasteiger partial charge in [0.2, 0.25) is 5.91 Å². The molecule has 1 aliphatic rings. The Balaban J connectivity index is 2.39. The fourth-order valence-electron chi connectivity index (χ4n) is 2.53. The molecule has 2 N–H and O–H groups in total. The summed E-state index contributed by atoms with van der Waals surface area (Å²) in [7, 11) is 3.69. The summed E-state index contributed by atoms with van der Waals surface area (Å²) in [5.41, 5.74) is 5.96. The molecule has 0 aromatic heterocycles. The number of carbonyl (C=O) groups excluding carboxylic acids is 1. The van der Waals surface area contributed by atoms with E-state index in [2.05, 4.69) is 18.7 Å². The van der Waals surface area contributed by atoms with Crippen LogP contribution in [0.5, 0.6) is 0 Å². The molecule has 0 aromatic carbocycles. The molecule has 1 amide bonds. The van der Waals surface area contributed by atoms with E-state index in [0.29, 0.717) is 0 Å². The Kier molecular flexibility index (Phi) is 5.60. The highest BCUT2D eigenvalue weighted by molar-refractivity contribution is 5.81. The van der Waals surface area contributed by atoms with Crippen molar-refractivity contribution >= 4 is 5.91 Å². The molecule has 4 heteroatoms. The van der Waals surface area contributed by atoms with Crippen molar-refractivity contribution in [3.8, 4) is 0 Å². The van der Waals surface area contributed by atoms with Gasteiger partial charge in [0.25, 0.3) is 0 Å².